The Labute approximate surface area is 118 Å². The van der Waals surface area contributed by atoms with Crippen molar-refractivity contribution in [3.8, 4) is 0 Å². The molecule has 3 N–H and O–H groups in total. The fourth-order valence-corrected chi connectivity index (χ4v) is 1.03. The van der Waals surface area contributed by atoms with Gasteiger partial charge >= 0.3 is 0 Å². The smallest absolute Gasteiger partial charge is 0.236 e. The second-order valence-corrected chi connectivity index (χ2v) is 4.82. The van der Waals surface area contributed by atoms with Gasteiger partial charge in [-0.15, -0.1) is 24.8 Å². The van der Waals surface area contributed by atoms with Gasteiger partial charge in [-0.2, -0.15) is 0 Å². The van der Waals surface area contributed by atoms with Gasteiger partial charge in [0.05, 0.1) is 6.04 Å². The average Bonchev–Trinajstić information content (AvgIpc) is 2.14. The number of nitrogens with zero attached hydrogens (tertiary/aromatic N) is 1. The van der Waals surface area contributed by atoms with Gasteiger partial charge in [0.25, 0.3) is 0 Å². The van der Waals surface area contributed by atoms with Crippen molar-refractivity contribution in [2.45, 2.75) is 45.2 Å². The van der Waals surface area contributed by atoms with Crippen LogP contribution in [0.5, 0.6) is 0 Å². The number of nitrogens with one attached hydrogen (secondary N) is 1. The molecule has 0 aliphatic carbocycles. The minimum Gasteiger partial charge on any atom is -0.353 e. The van der Waals surface area contributed by atoms with Gasteiger partial charge in [0.15, 0.2) is 0 Å². The molecule has 0 rings (SSSR count). The van der Waals surface area contributed by atoms with Gasteiger partial charge in [0.2, 0.25) is 5.91 Å². The van der Waals surface area contributed by atoms with Crippen molar-refractivity contribution in [2.24, 2.45) is 5.73 Å². The lowest BCUT2D eigenvalue weighted by Crippen LogP contribution is -2.51. The van der Waals surface area contributed by atoms with Crippen molar-refractivity contribution < 1.29 is 4.79 Å². The zero-order valence-corrected chi connectivity index (χ0v) is 13.1. The van der Waals surface area contributed by atoms with E-state index < -0.39 is 0 Å². The van der Waals surface area contributed by atoms with Crippen molar-refractivity contribution in [3.05, 3.63) is 0 Å². The average molecular weight is 288 g/mol. The third kappa shape index (κ3) is 8.66. The Hall–Kier alpha value is -0.0300. The van der Waals surface area contributed by atoms with E-state index in [1.165, 1.54) is 0 Å². The number of carbonyl (C=O) groups is 1. The van der Waals surface area contributed by atoms with Crippen molar-refractivity contribution in [2.75, 3.05) is 20.6 Å². The Morgan fingerprint density at radius 2 is 1.82 bits per heavy atom. The zero-order valence-electron chi connectivity index (χ0n) is 11.4. The number of carbonyl (C=O) groups excluding carboxylic acids is 1. The quantitative estimate of drug-likeness (QED) is 0.777. The summed E-state index contributed by atoms with van der Waals surface area (Å²) in [5.74, 6) is -0.0493. The van der Waals surface area contributed by atoms with Gasteiger partial charge in [-0.05, 0) is 34.4 Å². The van der Waals surface area contributed by atoms with Gasteiger partial charge in [0.1, 0.15) is 0 Å². The molecule has 17 heavy (non-hydrogen) atoms. The maximum absolute atomic E-state index is 11.5. The molecule has 1 unspecified atom stereocenters. The largest absolute Gasteiger partial charge is 0.353 e. The molecule has 0 saturated heterocycles. The lowest BCUT2D eigenvalue weighted by molar-refractivity contribution is -0.123. The first-order valence-corrected chi connectivity index (χ1v) is 5.52. The van der Waals surface area contributed by atoms with E-state index in [2.05, 4.69) is 24.1 Å². The van der Waals surface area contributed by atoms with Crippen LogP contribution in [0.1, 0.15) is 33.6 Å². The summed E-state index contributed by atoms with van der Waals surface area (Å²) in [5, 5.41) is 2.88. The first kappa shape index (κ1) is 22.2. The lowest BCUT2D eigenvalue weighted by Gasteiger charge is -2.33. The van der Waals surface area contributed by atoms with Crippen molar-refractivity contribution in [1.29, 1.82) is 0 Å². The van der Waals surface area contributed by atoms with E-state index in [0.717, 1.165) is 12.8 Å². The van der Waals surface area contributed by atoms with Crippen LogP contribution in [0.2, 0.25) is 0 Å². The molecule has 1 atom stereocenters. The number of amides is 1. The summed E-state index contributed by atoms with van der Waals surface area (Å²) >= 11 is 0. The molecular weight excluding hydrogens is 261 g/mol. The van der Waals surface area contributed by atoms with Gasteiger partial charge in [-0.1, -0.05) is 13.3 Å². The second-order valence-electron chi connectivity index (χ2n) is 4.82. The van der Waals surface area contributed by atoms with Crippen LogP contribution in [0.25, 0.3) is 0 Å². The molecular formula is C11H27Cl2N3O. The molecule has 0 aromatic heterocycles. The first-order chi connectivity index (χ1) is 6.81. The molecule has 0 bridgehead atoms. The van der Waals surface area contributed by atoms with Crippen LogP contribution >= 0.6 is 24.8 Å². The Balaban J connectivity index is -0.000000980. The van der Waals surface area contributed by atoms with E-state index in [9.17, 15) is 4.79 Å². The molecule has 0 saturated carbocycles. The highest BCUT2D eigenvalue weighted by molar-refractivity contribution is 5.85. The number of likely N-dealkylation sites (N-methyl/N-ethyl adjacent to an activating group) is 1. The number of rotatable bonds is 6. The minimum atomic E-state index is -0.368. The molecule has 0 aromatic carbocycles. The van der Waals surface area contributed by atoms with Crippen LogP contribution in [0, 0.1) is 0 Å². The van der Waals surface area contributed by atoms with E-state index >= 15 is 0 Å². The van der Waals surface area contributed by atoms with Crippen molar-refractivity contribution in [1.82, 2.24) is 10.2 Å². The summed E-state index contributed by atoms with van der Waals surface area (Å²) < 4.78 is 0. The van der Waals surface area contributed by atoms with Gasteiger partial charge in [0, 0.05) is 12.1 Å². The standard InChI is InChI=1S/C11H25N3O.2ClH/c1-6-7-9(12)10(15)13-8-11(2,3)14(4)5;;/h9H,6-8,12H2,1-5H3,(H,13,15);2*1H. The predicted molar refractivity (Wildman–Crippen MR) is 78.2 cm³/mol. The van der Waals surface area contributed by atoms with Crippen LogP contribution in [0.3, 0.4) is 0 Å². The molecule has 0 aliphatic heterocycles. The highest BCUT2D eigenvalue weighted by atomic mass is 35.5. The topological polar surface area (TPSA) is 58.4 Å². The molecule has 0 aliphatic rings. The summed E-state index contributed by atoms with van der Waals surface area (Å²) in [7, 11) is 4.00. The summed E-state index contributed by atoms with van der Waals surface area (Å²) in [4.78, 5) is 13.6. The second kappa shape index (κ2) is 9.95. The number of nitrogens with two attached hydrogens (primary N) is 1. The molecule has 1 amide bonds. The SMILES string of the molecule is CCCC(N)C(=O)NCC(C)(C)N(C)C.Cl.Cl. The molecule has 0 radical (unpaired) electrons. The van der Waals surface area contributed by atoms with E-state index in [1.807, 2.05) is 21.0 Å². The third-order valence-corrected chi connectivity index (χ3v) is 2.84. The van der Waals surface area contributed by atoms with E-state index in [0.29, 0.717) is 6.54 Å². The van der Waals surface area contributed by atoms with Crippen LogP contribution in [-0.4, -0.2) is 43.0 Å². The predicted octanol–water partition coefficient (Wildman–Crippen LogP) is 1.41. The molecule has 4 nitrogen and oxygen atoms in total. The molecule has 106 valence electrons. The van der Waals surface area contributed by atoms with Gasteiger partial charge < -0.3 is 16.0 Å². The summed E-state index contributed by atoms with van der Waals surface area (Å²) in [6.45, 7) is 6.81. The molecule has 6 heteroatoms. The maximum Gasteiger partial charge on any atom is 0.236 e. The Kier molecular flexibility index (Phi) is 13.0. The van der Waals surface area contributed by atoms with Crippen LogP contribution in [0.15, 0.2) is 0 Å². The lowest BCUT2D eigenvalue weighted by atomic mass is 10.0. The Bertz CT molecular complexity index is 211. The fourth-order valence-electron chi connectivity index (χ4n) is 1.03. The Morgan fingerprint density at radius 1 is 1.35 bits per heavy atom. The highest BCUT2D eigenvalue weighted by Gasteiger charge is 2.22. The monoisotopic (exact) mass is 287 g/mol. The van der Waals surface area contributed by atoms with E-state index in [-0.39, 0.29) is 42.3 Å². The summed E-state index contributed by atoms with van der Waals surface area (Å²) in [6.07, 6.45) is 1.68. The Morgan fingerprint density at radius 3 is 2.18 bits per heavy atom. The molecule has 0 heterocycles. The number of hydrogen-bond acceptors (Lipinski definition) is 3. The van der Waals surface area contributed by atoms with Gasteiger partial charge in [-0.3, -0.25) is 4.79 Å². The normalized spacial score (nSPS) is 12.4. The summed E-state index contributed by atoms with van der Waals surface area (Å²) in [6, 6.07) is -0.368. The highest BCUT2D eigenvalue weighted by Crippen LogP contribution is 2.07. The number of hydrogen-bond donors (Lipinski definition) is 2. The van der Waals surface area contributed by atoms with Gasteiger partial charge in [-0.25, -0.2) is 0 Å². The van der Waals surface area contributed by atoms with Crippen molar-refractivity contribution in [3.63, 3.8) is 0 Å². The van der Waals surface area contributed by atoms with Crippen LogP contribution < -0.4 is 11.1 Å². The van der Waals surface area contributed by atoms with E-state index in [4.69, 9.17) is 5.73 Å². The van der Waals surface area contributed by atoms with Crippen LogP contribution in [0.4, 0.5) is 0 Å². The first-order valence-electron chi connectivity index (χ1n) is 5.52. The fraction of sp³-hybridized carbons (Fsp3) is 0.909. The molecule has 0 aromatic rings. The van der Waals surface area contributed by atoms with Crippen LogP contribution in [-0.2, 0) is 4.79 Å². The minimum absolute atomic E-state index is 0. The zero-order chi connectivity index (χ0) is 12.1. The third-order valence-electron chi connectivity index (χ3n) is 2.84. The molecule has 0 fully saturated rings. The maximum atomic E-state index is 11.5. The van der Waals surface area contributed by atoms with Crippen molar-refractivity contribution >= 4 is 30.7 Å². The summed E-state index contributed by atoms with van der Waals surface area (Å²) in [5.41, 5.74) is 5.67. The number of halogens is 2. The van der Waals surface area contributed by atoms with E-state index in [1.54, 1.807) is 0 Å². The molecule has 0 spiro atoms.